The Morgan fingerprint density at radius 2 is 1.93 bits per heavy atom. The fraction of sp³-hybridized carbons (Fsp3) is 0.333. The highest BCUT2D eigenvalue weighted by atomic mass is 19.2. The zero-order valence-electron chi connectivity index (χ0n) is 15.9. The molecule has 1 saturated heterocycles. The predicted octanol–water partition coefficient (Wildman–Crippen LogP) is 3.56. The van der Waals surface area contributed by atoms with Gasteiger partial charge in [0.2, 0.25) is 11.8 Å². The molecule has 0 bridgehead atoms. The summed E-state index contributed by atoms with van der Waals surface area (Å²) in [7, 11) is 1.61. The first-order chi connectivity index (χ1) is 13.3. The number of amides is 2. The van der Waals surface area contributed by atoms with Crippen molar-refractivity contribution in [3.8, 4) is 5.75 Å². The van der Waals surface area contributed by atoms with E-state index in [1.807, 2.05) is 19.9 Å². The highest BCUT2D eigenvalue weighted by molar-refractivity contribution is 6.08. The van der Waals surface area contributed by atoms with Gasteiger partial charge in [-0.25, -0.2) is 8.78 Å². The van der Waals surface area contributed by atoms with Crippen LogP contribution in [0.3, 0.4) is 0 Å². The van der Waals surface area contributed by atoms with E-state index < -0.39 is 29.4 Å². The van der Waals surface area contributed by atoms with E-state index in [2.05, 4.69) is 5.32 Å². The number of benzene rings is 2. The lowest BCUT2D eigenvalue weighted by Crippen LogP contribution is -2.33. The van der Waals surface area contributed by atoms with Crippen LogP contribution in [0.15, 0.2) is 42.5 Å². The lowest BCUT2D eigenvalue weighted by molar-refractivity contribution is -0.135. The number of ether oxygens (including phenoxy) is 1. The zero-order chi connectivity index (χ0) is 20.4. The minimum atomic E-state index is -1.15. The molecule has 2 aromatic rings. The van der Waals surface area contributed by atoms with Crippen molar-refractivity contribution >= 4 is 17.5 Å². The van der Waals surface area contributed by atoms with Gasteiger partial charge >= 0.3 is 0 Å². The Kier molecular flexibility index (Phi) is 5.63. The average Bonchev–Trinajstić information content (AvgIpc) is 2.94. The molecule has 148 valence electrons. The smallest absolute Gasteiger partial charge is 0.237 e. The van der Waals surface area contributed by atoms with E-state index in [0.717, 1.165) is 11.6 Å². The lowest BCUT2D eigenvalue weighted by atomic mass is 9.87. The van der Waals surface area contributed by atoms with Crippen LogP contribution in [0.4, 0.5) is 14.5 Å². The Hall–Kier alpha value is -2.96. The highest BCUT2D eigenvalue weighted by Gasteiger charge is 2.44. The molecule has 3 rings (SSSR count). The molecule has 0 spiro atoms. The second-order valence-electron chi connectivity index (χ2n) is 7.13. The van der Waals surface area contributed by atoms with Gasteiger partial charge in [-0.05, 0) is 43.7 Å². The van der Waals surface area contributed by atoms with Crippen molar-refractivity contribution in [3.63, 3.8) is 0 Å². The first kappa shape index (κ1) is 19.8. The summed E-state index contributed by atoms with van der Waals surface area (Å²) >= 11 is 0. The number of anilines is 1. The number of rotatable bonds is 5. The van der Waals surface area contributed by atoms with Gasteiger partial charge in [0.05, 0.1) is 11.8 Å². The van der Waals surface area contributed by atoms with Gasteiger partial charge in [0.15, 0.2) is 11.6 Å². The number of nitrogens with zero attached hydrogens (tertiary/aromatic N) is 1. The normalized spacial score (nSPS) is 19.2. The second kappa shape index (κ2) is 7.96. The fourth-order valence-electron chi connectivity index (χ4n) is 3.39. The zero-order valence-corrected chi connectivity index (χ0v) is 15.9. The first-order valence-electron chi connectivity index (χ1n) is 9.04. The lowest BCUT2D eigenvalue weighted by Gasteiger charge is -2.18. The van der Waals surface area contributed by atoms with Gasteiger partial charge in [-0.15, -0.1) is 0 Å². The molecule has 0 aromatic heterocycles. The van der Waals surface area contributed by atoms with Crippen molar-refractivity contribution in [2.75, 3.05) is 18.9 Å². The van der Waals surface area contributed by atoms with Crippen molar-refractivity contribution in [1.82, 2.24) is 4.90 Å². The molecule has 2 atom stereocenters. The molecule has 1 aliphatic rings. The molecule has 0 radical (unpaired) electrons. The van der Waals surface area contributed by atoms with Crippen LogP contribution < -0.4 is 10.1 Å². The summed E-state index contributed by atoms with van der Waals surface area (Å²) in [5.41, 5.74) is 0.485. The molecule has 7 heteroatoms. The van der Waals surface area contributed by atoms with E-state index in [0.29, 0.717) is 12.3 Å². The quantitative estimate of drug-likeness (QED) is 0.797. The van der Waals surface area contributed by atoms with Crippen LogP contribution in [0.25, 0.3) is 0 Å². The van der Waals surface area contributed by atoms with Crippen LogP contribution in [0.2, 0.25) is 0 Å². The number of hydrogen-bond acceptors (Lipinski definition) is 3. The topological polar surface area (TPSA) is 58.6 Å². The summed E-state index contributed by atoms with van der Waals surface area (Å²) in [6.07, 6.45) is -0.0156. The SMILES string of the molecule is CC(C)Oc1cccc([C@H]2CN(C)C(=O)[C@@H]2C(=O)Nc2cccc(F)c2F)c1. The van der Waals surface area contributed by atoms with Crippen molar-refractivity contribution in [2.24, 2.45) is 5.92 Å². The minimum Gasteiger partial charge on any atom is -0.491 e. The third-order valence-corrected chi connectivity index (χ3v) is 4.67. The molecule has 2 amide bonds. The Labute approximate surface area is 162 Å². The van der Waals surface area contributed by atoms with Gasteiger partial charge in [0.1, 0.15) is 11.7 Å². The molecule has 1 fully saturated rings. The number of carbonyl (C=O) groups is 2. The molecular formula is C21H22F2N2O3. The molecule has 0 unspecified atom stereocenters. The summed E-state index contributed by atoms with van der Waals surface area (Å²) < 4.78 is 33.0. The Bertz CT molecular complexity index is 901. The van der Waals surface area contributed by atoms with Gasteiger partial charge in [-0.2, -0.15) is 0 Å². The van der Waals surface area contributed by atoms with E-state index in [-0.39, 0.29) is 17.7 Å². The van der Waals surface area contributed by atoms with Crippen LogP contribution in [0.5, 0.6) is 5.75 Å². The van der Waals surface area contributed by atoms with Crippen molar-refractivity contribution < 1.29 is 23.1 Å². The summed E-state index contributed by atoms with van der Waals surface area (Å²) in [5, 5.41) is 2.36. The molecule has 0 aliphatic carbocycles. The van der Waals surface area contributed by atoms with Gasteiger partial charge in [-0.1, -0.05) is 18.2 Å². The number of hydrogen-bond donors (Lipinski definition) is 1. The monoisotopic (exact) mass is 388 g/mol. The Morgan fingerprint density at radius 1 is 1.21 bits per heavy atom. The van der Waals surface area contributed by atoms with Crippen LogP contribution >= 0.6 is 0 Å². The van der Waals surface area contributed by atoms with Gasteiger partial charge < -0.3 is 15.0 Å². The molecule has 5 nitrogen and oxygen atoms in total. The van der Waals surface area contributed by atoms with Crippen molar-refractivity contribution in [2.45, 2.75) is 25.9 Å². The van der Waals surface area contributed by atoms with E-state index in [9.17, 15) is 18.4 Å². The van der Waals surface area contributed by atoms with Crippen LogP contribution in [-0.4, -0.2) is 36.4 Å². The highest BCUT2D eigenvalue weighted by Crippen LogP contribution is 2.35. The standard InChI is InChI=1S/C21H22F2N2O3/c1-12(2)28-14-7-4-6-13(10-14)15-11-25(3)21(27)18(15)20(26)24-17-9-5-8-16(22)19(17)23/h4-10,12,15,18H,11H2,1-3H3,(H,24,26)/t15-,18+/m1/s1. The summed E-state index contributed by atoms with van der Waals surface area (Å²) in [5.74, 6) is -4.08. The average molecular weight is 388 g/mol. The summed E-state index contributed by atoms with van der Waals surface area (Å²) in [6, 6.07) is 10.8. The van der Waals surface area contributed by atoms with E-state index in [1.54, 1.807) is 25.2 Å². The van der Waals surface area contributed by atoms with E-state index >= 15 is 0 Å². The van der Waals surface area contributed by atoms with Crippen molar-refractivity contribution in [3.05, 3.63) is 59.7 Å². The largest absolute Gasteiger partial charge is 0.491 e. The Morgan fingerprint density at radius 3 is 2.64 bits per heavy atom. The molecule has 28 heavy (non-hydrogen) atoms. The number of nitrogens with one attached hydrogen (secondary N) is 1. The number of likely N-dealkylation sites (N-methyl/N-ethyl adjacent to an activating group) is 1. The third kappa shape index (κ3) is 3.98. The number of likely N-dealkylation sites (tertiary alicyclic amines) is 1. The fourth-order valence-corrected chi connectivity index (χ4v) is 3.39. The van der Waals surface area contributed by atoms with Crippen LogP contribution in [-0.2, 0) is 9.59 Å². The number of carbonyl (C=O) groups excluding carboxylic acids is 2. The van der Waals surface area contributed by atoms with E-state index in [1.165, 1.54) is 17.0 Å². The molecule has 1 aliphatic heterocycles. The second-order valence-corrected chi connectivity index (χ2v) is 7.13. The maximum atomic E-state index is 13.9. The first-order valence-corrected chi connectivity index (χ1v) is 9.04. The van der Waals surface area contributed by atoms with Gasteiger partial charge in [0.25, 0.3) is 0 Å². The molecule has 1 heterocycles. The van der Waals surface area contributed by atoms with Crippen molar-refractivity contribution in [1.29, 1.82) is 0 Å². The summed E-state index contributed by atoms with van der Waals surface area (Å²) in [6.45, 7) is 4.15. The van der Waals surface area contributed by atoms with Gasteiger partial charge in [0, 0.05) is 19.5 Å². The van der Waals surface area contributed by atoms with Crippen LogP contribution in [0.1, 0.15) is 25.3 Å². The minimum absolute atomic E-state index is 0.0156. The predicted molar refractivity (Wildman–Crippen MR) is 101 cm³/mol. The molecule has 2 aromatic carbocycles. The van der Waals surface area contributed by atoms with Crippen LogP contribution in [0, 0.1) is 17.6 Å². The molecular weight excluding hydrogens is 366 g/mol. The molecule has 0 saturated carbocycles. The Balaban J connectivity index is 1.88. The maximum Gasteiger partial charge on any atom is 0.237 e. The third-order valence-electron chi connectivity index (χ3n) is 4.67. The number of halogens is 2. The maximum absolute atomic E-state index is 13.9. The summed E-state index contributed by atoms with van der Waals surface area (Å²) in [4.78, 5) is 26.9. The molecule has 1 N–H and O–H groups in total. The van der Waals surface area contributed by atoms with E-state index in [4.69, 9.17) is 4.74 Å². The van der Waals surface area contributed by atoms with Gasteiger partial charge in [-0.3, -0.25) is 9.59 Å².